The monoisotopic (exact) mass is 331 g/mol. The Morgan fingerprint density at radius 3 is 2.58 bits per heavy atom. The first-order valence-electron chi connectivity index (χ1n) is 8.80. The number of hydrogen-bond acceptors (Lipinski definition) is 3. The number of hydrogen-bond donors (Lipinski definition) is 0. The zero-order chi connectivity index (χ0) is 17.5. The molecule has 0 N–H and O–H groups in total. The van der Waals surface area contributed by atoms with Crippen molar-refractivity contribution >= 4 is 12.0 Å². The van der Waals surface area contributed by atoms with Gasteiger partial charge in [0.05, 0.1) is 13.7 Å². The molecular weight excluding hydrogens is 302 g/mol. The second-order valence-corrected chi connectivity index (χ2v) is 6.54. The molecule has 1 saturated carbocycles. The molecule has 0 aliphatic heterocycles. The summed E-state index contributed by atoms with van der Waals surface area (Å²) >= 11 is 0. The second kappa shape index (κ2) is 8.76. The molecule has 1 aliphatic rings. The van der Waals surface area contributed by atoms with Crippen LogP contribution in [-0.2, 0) is 4.79 Å². The number of carbonyl (C=O) groups is 1. The minimum Gasteiger partial charge on any atom is -0.493 e. The van der Waals surface area contributed by atoms with Gasteiger partial charge in [0.15, 0.2) is 11.5 Å². The lowest BCUT2D eigenvalue weighted by atomic mass is 9.87. The smallest absolute Gasteiger partial charge is 0.246 e. The Morgan fingerprint density at radius 2 is 1.96 bits per heavy atom. The lowest BCUT2D eigenvalue weighted by Crippen LogP contribution is -2.38. The molecule has 0 atom stereocenters. The van der Waals surface area contributed by atoms with Crippen molar-refractivity contribution < 1.29 is 14.3 Å². The molecule has 4 nitrogen and oxygen atoms in total. The van der Waals surface area contributed by atoms with Gasteiger partial charge >= 0.3 is 0 Å². The number of likely N-dealkylation sites (N-methyl/N-ethyl adjacent to an activating group) is 1. The molecule has 0 saturated heterocycles. The summed E-state index contributed by atoms with van der Waals surface area (Å²) in [6, 6.07) is 6.06. The van der Waals surface area contributed by atoms with Crippen LogP contribution in [0.2, 0.25) is 0 Å². The first-order valence-corrected chi connectivity index (χ1v) is 8.80. The van der Waals surface area contributed by atoms with Gasteiger partial charge in [-0.05, 0) is 62.3 Å². The normalized spacial score (nSPS) is 20.8. The summed E-state index contributed by atoms with van der Waals surface area (Å²) in [4.78, 5) is 14.3. The Labute approximate surface area is 145 Å². The molecule has 1 aromatic carbocycles. The summed E-state index contributed by atoms with van der Waals surface area (Å²) in [5, 5.41) is 0. The van der Waals surface area contributed by atoms with Crippen LogP contribution in [0.15, 0.2) is 24.3 Å². The van der Waals surface area contributed by atoms with Crippen molar-refractivity contribution in [3.63, 3.8) is 0 Å². The first-order chi connectivity index (χ1) is 11.5. The highest BCUT2D eigenvalue weighted by molar-refractivity contribution is 5.91. The van der Waals surface area contributed by atoms with Gasteiger partial charge in [-0.1, -0.05) is 13.0 Å². The van der Waals surface area contributed by atoms with Crippen LogP contribution in [0.25, 0.3) is 6.08 Å². The third-order valence-electron chi connectivity index (χ3n) is 4.79. The van der Waals surface area contributed by atoms with Crippen molar-refractivity contribution in [1.82, 2.24) is 4.90 Å². The Morgan fingerprint density at radius 1 is 1.25 bits per heavy atom. The van der Waals surface area contributed by atoms with E-state index in [0.29, 0.717) is 18.4 Å². The van der Waals surface area contributed by atoms with Crippen molar-refractivity contribution in [3.05, 3.63) is 29.8 Å². The summed E-state index contributed by atoms with van der Waals surface area (Å²) in [5.74, 6) is 2.25. The molecule has 0 bridgehead atoms. The Bertz CT molecular complexity index is 574. The number of ether oxygens (including phenoxy) is 2. The van der Waals surface area contributed by atoms with E-state index >= 15 is 0 Å². The highest BCUT2D eigenvalue weighted by atomic mass is 16.5. The predicted molar refractivity (Wildman–Crippen MR) is 97.4 cm³/mol. The standard InChI is InChI=1S/C20H29NO3/c1-5-24-18-12-8-16(14-19(18)23-4)9-13-20(22)21(3)17-10-6-15(2)7-11-17/h8-9,12-15,17H,5-7,10-11H2,1-4H3/b13-9+. The zero-order valence-electron chi connectivity index (χ0n) is 15.2. The van der Waals surface area contributed by atoms with Crippen LogP contribution >= 0.6 is 0 Å². The van der Waals surface area contributed by atoms with Gasteiger partial charge in [0.1, 0.15) is 0 Å². The van der Waals surface area contributed by atoms with Crippen LogP contribution in [0.4, 0.5) is 0 Å². The molecule has 1 aliphatic carbocycles. The minimum absolute atomic E-state index is 0.0578. The van der Waals surface area contributed by atoms with E-state index in [1.807, 2.05) is 43.1 Å². The predicted octanol–water partition coefficient (Wildman–Crippen LogP) is 4.14. The number of methoxy groups -OCH3 is 1. The summed E-state index contributed by atoms with van der Waals surface area (Å²) in [5.41, 5.74) is 0.925. The molecule has 0 spiro atoms. The van der Waals surface area contributed by atoms with E-state index in [1.54, 1.807) is 13.2 Å². The summed E-state index contributed by atoms with van der Waals surface area (Å²) < 4.78 is 10.9. The Kier molecular flexibility index (Phi) is 6.71. The quantitative estimate of drug-likeness (QED) is 0.735. The molecule has 2 rings (SSSR count). The van der Waals surface area contributed by atoms with Gasteiger partial charge in [0.25, 0.3) is 0 Å². The summed E-state index contributed by atoms with van der Waals surface area (Å²) in [6.45, 7) is 4.82. The molecule has 24 heavy (non-hydrogen) atoms. The number of benzene rings is 1. The minimum atomic E-state index is 0.0578. The van der Waals surface area contributed by atoms with Crippen molar-refractivity contribution in [2.24, 2.45) is 5.92 Å². The van der Waals surface area contributed by atoms with Gasteiger partial charge in [0, 0.05) is 19.2 Å². The van der Waals surface area contributed by atoms with E-state index in [2.05, 4.69) is 6.92 Å². The molecule has 132 valence electrons. The summed E-state index contributed by atoms with van der Waals surface area (Å²) in [6.07, 6.45) is 8.11. The number of amides is 1. The molecule has 4 heteroatoms. The molecule has 1 fully saturated rings. The highest BCUT2D eigenvalue weighted by Gasteiger charge is 2.23. The van der Waals surface area contributed by atoms with Gasteiger partial charge in [-0.3, -0.25) is 4.79 Å². The van der Waals surface area contributed by atoms with E-state index in [1.165, 1.54) is 12.8 Å². The van der Waals surface area contributed by atoms with Gasteiger partial charge in [-0.2, -0.15) is 0 Å². The van der Waals surface area contributed by atoms with E-state index < -0.39 is 0 Å². The zero-order valence-corrected chi connectivity index (χ0v) is 15.2. The van der Waals surface area contributed by atoms with Crippen LogP contribution in [0, 0.1) is 5.92 Å². The average molecular weight is 331 g/mol. The lowest BCUT2D eigenvalue weighted by molar-refractivity contribution is -0.127. The van der Waals surface area contributed by atoms with Crippen LogP contribution in [-0.4, -0.2) is 37.6 Å². The second-order valence-electron chi connectivity index (χ2n) is 6.54. The van der Waals surface area contributed by atoms with Crippen molar-refractivity contribution in [2.75, 3.05) is 20.8 Å². The van der Waals surface area contributed by atoms with Crippen LogP contribution in [0.3, 0.4) is 0 Å². The summed E-state index contributed by atoms with van der Waals surface area (Å²) in [7, 11) is 3.53. The van der Waals surface area contributed by atoms with Gasteiger partial charge in [0.2, 0.25) is 5.91 Å². The molecule has 1 amide bonds. The van der Waals surface area contributed by atoms with Crippen molar-refractivity contribution in [1.29, 1.82) is 0 Å². The molecule has 0 aromatic heterocycles. The lowest BCUT2D eigenvalue weighted by Gasteiger charge is -2.33. The van der Waals surface area contributed by atoms with E-state index in [9.17, 15) is 4.79 Å². The van der Waals surface area contributed by atoms with E-state index in [-0.39, 0.29) is 5.91 Å². The highest BCUT2D eigenvalue weighted by Crippen LogP contribution is 2.29. The Hall–Kier alpha value is -1.97. The van der Waals surface area contributed by atoms with Crippen LogP contribution < -0.4 is 9.47 Å². The van der Waals surface area contributed by atoms with Crippen LogP contribution in [0.1, 0.15) is 45.1 Å². The fourth-order valence-electron chi connectivity index (χ4n) is 3.16. The molecule has 0 heterocycles. The number of nitrogens with zero attached hydrogens (tertiary/aromatic N) is 1. The molecule has 1 aromatic rings. The van der Waals surface area contributed by atoms with E-state index in [4.69, 9.17) is 9.47 Å². The van der Waals surface area contributed by atoms with Crippen LogP contribution in [0.5, 0.6) is 11.5 Å². The fraction of sp³-hybridized carbons (Fsp3) is 0.550. The molecule has 0 radical (unpaired) electrons. The molecule has 0 unspecified atom stereocenters. The van der Waals surface area contributed by atoms with Gasteiger partial charge in [-0.25, -0.2) is 0 Å². The maximum Gasteiger partial charge on any atom is 0.246 e. The maximum atomic E-state index is 12.4. The first kappa shape index (κ1) is 18.4. The molecular formula is C20H29NO3. The maximum absolute atomic E-state index is 12.4. The number of carbonyl (C=O) groups excluding carboxylic acids is 1. The third-order valence-corrected chi connectivity index (χ3v) is 4.79. The Balaban J connectivity index is 2.00. The number of rotatable bonds is 6. The third kappa shape index (κ3) is 4.76. The van der Waals surface area contributed by atoms with Crippen molar-refractivity contribution in [3.8, 4) is 11.5 Å². The van der Waals surface area contributed by atoms with E-state index in [0.717, 1.165) is 30.1 Å². The largest absolute Gasteiger partial charge is 0.493 e. The van der Waals surface area contributed by atoms with Gasteiger partial charge < -0.3 is 14.4 Å². The SMILES string of the molecule is CCOc1ccc(/C=C/C(=O)N(C)C2CCC(C)CC2)cc1OC. The van der Waals surface area contributed by atoms with Crippen molar-refractivity contribution in [2.45, 2.75) is 45.6 Å². The topological polar surface area (TPSA) is 38.8 Å². The van der Waals surface area contributed by atoms with Gasteiger partial charge in [-0.15, -0.1) is 0 Å². The fourth-order valence-corrected chi connectivity index (χ4v) is 3.16. The average Bonchev–Trinajstić information content (AvgIpc) is 2.60.